The maximum Gasteiger partial charge on any atom is 0.338 e. The van der Waals surface area contributed by atoms with Gasteiger partial charge in [0.05, 0.1) is 18.8 Å². The van der Waals surface area contributed by atoms with Crippen molar-refractivity contribution in [3.05, 3.63) is 47.5 Å². The van der Waals surface area contributed by atoms with Crippen LogP contribution in [0.1, 0.15) is 49.9 Å². The van der Waals surface area contributed by atoms with Gasteiger partial charge < -0.3 is 9.47 Å². The molecule has 0 amide bonds. The third-order valence-corrected chi connectivity index (χ3v) is 3.14. The summed E-state index contributed by atoms with van der Waals surface area (Å²) in [6.07, 6.45) is 5.67. The molecule has 1 aromatic carbocycles. The predicted octanol–water partition coefficient (Wildman–Crippen LogP) is 3.91. The summed E-state index contributed by atoms with van der Waals surface area (Å²) in [5, 5.41) is 0. The van der Waals surface area contributed by atoms with Crippen LogP contribution in [0.3, 0.4) is 0 Å². The summed E-state index contributed by atoms with van der Waals surface area (Å²) in [5.41, 5.74) is 1.78. The van der Waals surface area contributed by atoms with Gasteiger partial charge in [0.2, 0.25) is 0 Å². The number of ether oxygens (including phenoxy) is 2. The van der Waals surface area contributed by atoms with Crippen molar-refractivity contribution in [3.63, 3.8) is 0 Å². The molecule has 120 valence electrons. The van der Waals surface area contributed by atoms with Crippen molar-refractivity contribution in [1.82, 2.24) is 0 Å². The van der Waals surface area contributed by atoms with Crippen LogP contribution >= 0.6 is 0 Å². The molecule has 1 rings (SSSR count). The molecule has 22 heavy (non-hydrogen) atoms. The number of carbonyl (C=O) groups excluding carboxylic acids is 2. The van der Waals surface area contributed by atoms with Crippen molar-refractivity contribution in [1.29, 1.82) is 0 Å². The Hall–Kier alpha value is -2.10. The Morgan fingerprint density at radius 2 is 1.73 bits per heavy atom. The van der Waals surface area contributed by atoms with E-state index < -0.39 is 0 Å². The van der Waals surface area contributed by atoms with Crippen molar-refractivity contribution in [2.24, 2.45) is 0 Å². The molecule has 0 aliphatic rings. The summed E-state index contributed by atoms with van der Waals surface area (Å²) >= 11 is 0. The Bertz CT molecular complexity index is 491. The van der Waals surface area contributed by atoms with Gasteiger partial charge >= 0.3 is 11.9 Å². The Balaban J connectivity index is 2.12. The first-order valence-electron chi connectivity index (χ1n) is 7.61. The Kier molecular flexibility index (Phi) is 8.65. The molecule has 4 heteroatoms. The molecule has 0 aliphatic carbocycles. The van der Waals surface area contributed by atoms with Gasteiger partial charge in [0, 0.05) is 13.3 Å². The molecule has 4 nitrogen and oxygen atoms in total. The van der Waals surface area contributed by atoms with E-state index in [0.29, 0.717) is 18.8 Å². The Morgan fingerprint density at radius 1 is 1.00 bits per heavy atom. The van der Waals surface area contributed by atoms with E-state index in [0.717, 1.165) is 25.7 Å². The van der Waals surface area contributed by atoms with Gasteiger partial charge in [0.15, 0.2) is 0 Å². The van der Waals surface area contributed by atoms with E-state index in [1.54, 1.807) is 12.1 Å². The first-order chi connectivity index (χ1) is 10.6. The molecule has 0 atom stereocenters. The lowest BCUT2D eigenvalue weighted by molar-refractivity contribution is -0.141. The minimum atomic E-state index is -0.283. The summed E-state index contributed by atoms with van der Waals surface area (Å²) in [6.45, 7) is 4.32. The molecule has 0 bridgehead atoms. The fraction of sp³-hybridized carbons (Fsp3) is 0.444. The zero-order chi connectivity index (χ0) is 16.2. The van der Waals surface area contributed by atoms with Crippen LogP contribution in [0, 0.1) is 0 Å². The lowest BCUT2D eigenvalue weighted by Crippen LogP contribution is -2.06. The molecule has 1 aromatic rings. The number of esters is 2. The third kappa shape index (κ3) is 8.25. The standard InChI is InChI=1S/C18H24O4/c1-15(9-5-4-8-13-21-16(2)19)12-14-22-18(20)17-10-6-3-7-11-17/h3,6-7,9-11H,4-5,8,12-14H2,1-2H3. The molecule has 0 saturated heterocycles. The molecule has 0 spiro atoms. The zero-order valence-corrected chi connectivity index (χ0v) is 13.3. The maximum atomic E-state index is 11.7. The zero-order valence-electron chi connectivity index (χ0n) is 13.3. The van der Waals surface area contributed by atoms with Crippen LogP contribution in [-0.2, 0) is 14.3 Å². The summed E-state index contributed by atoms with van der Waals surface area (Å²) in [6, 6.07) is 8.99. The van der Waals surface area contributed by atoms with Crippen LogP contribution in [0.5, 0.6) is 0 Å². The summed E-state index contributed by atoms with van der Waals surface area (Å²) < 4.78 is 10.1. The minimum Gasteiger partial charge on any atom is -0.466 e. The number of hydrogen-bond acceptors (Lipinski definition) is 4. The van der Waals surface area contributed by atoms with E-state index in [2.05, 4.69) is 6.08 Å². The number of unbranched alkanes of at least 4 members (excludes halogenated alkanes) is 2. The molecule has 0 unspecified atom stereocenters. The van der Waals surface area contributed by atoms with Crippen LogP contribution in [0.25, 0.3) is 0 Å². The van der Waals surface area contributed by atoms with Gasteiger partial charge in [-0.15, -0.1) is 0 Å². The van der Waals surface area contributed by atoms with Crippen molar-refractivity contribution in [2.45, 2.75) is 39.5 Å². The van der Waals surface area contributed by atoms with Crippen LogP contribution in [0.15, 0.2) is 42.0 Å². The van der Waals surface area contributed by atoms with Crippen molar-refractivity contribution < 1.29 is 19.1 Å². The lowest BCUT2D eigenvalue weighted by Gasteiger charge is -2.05. The van der Waals surface area contributed by atoms with E-state index in [1.165, 1.54) is 12.5 Å². The second-order valence-corrected chi connectivity index (χ2v) is 5.14. The largest absolute Gasteiger partial charge is 0.466 e. The molecular weight excluding hydrogens is 280 g/mol. The number of hydrogen-bond donors (Lipinski definition) is 0. The van der Waals surface area contributed by atoms with E-state index in [1.807, 2.05) is 25.1 Å². The van der Waals surface area contributed by atoms with Crippen LogP contribution < -0.4 is 0 Å². The highest BCUT2D eigenvalue weighted by Gasteiger charge is 2.05. The van der Waals surface area contributed by atoms with Crippen LogP contribution in [0.2, 0.25) is 0 Å². The van der Waals surface area contributed by atoms with E-state index in [-0.39, 0.29) is 11.9 Å². The van der Waals surface area contributed by atoms with Gasteiger partial charge in [-0.2, -0.15) is 0 Å². The van der Waals surface area contributed by atoms with Crippen molar-refractivity contribution in [2.75, 3.05) is 13.2 Å². The highest BCUT2D eigenvalue weighted by molar-refractivity contribution is 5.89. The fourth-order valence-corrected chi connectivity index (χ4v) is 1.88. The average Bonchev–Trinajstić information content (AvgIpc) is 2.51. The second-order valence-electron chi connectivity index (χ2n) is 5.14. The van der Waals surface area contributed by atoms with E-state index in [4.69, 9.17) is 9.47 Å². The van der Waals surface area contributed by atoms with Crippen molar-refractivity contribution in [3.8, 4) is 0 Å². The fourth-order valence-electron chi connectivity index (χ4n) is 1.88. The first-order valence-corrected chi connectivity index (χ1v) is 7.61. The molecule has 0 aliphatic heterocycles. The monoisotopic (exact) mass is 304 g/mol. The molecule has 0 N–H and O–H groups in total. The summed E-state index contributed by atoms with van der Waals surface area (Å²) in [7, 11) is 0. The van der Waals surface area contributed by atoms with Gasteiger partial charge in [-0.1, -0.05) is 29.8 Å². The summed E-state index contributed by atoms with van der Waals surface area (Å²) in [4.78, 5) is 22.3. The van der Waals surface area contributed by atoms with Crippen LogP contribution in [0.4, 0.5) is 0 Å². The lowest BCUT2D eigenvalue weighted by atomic mass is 10.1. The average molecular weight is 304 g/mol. The third-order valence-electron chi connectivity index (χ3n) is 3.14. The normalized spacial score (nSPS) is 11.1. The van der Waals surface area contributed by atoms with Crippen LogP contribution in [-0.4, -0.2) is 25.2 Å². The molecule has 0 aromatic heterocycles. The predicted molar refractivity (Wildman–Crippen MR) is 85.6 cm³/mol. The van der Waals surface area contributed by atoms with Crippen molar-refractivity contribution >= 4 is 11.9 Å². The molecule has 0 radical (unpaired) electrons. The summed E-state index contributed by atoms with van der Waals surface area (Å²) in [5.74, 6) is -0.512. The van der Waals surface area contributed by atoms with E-state index >= 15 is 0 Å². The maximum absolute atomic E-state index is 11.7. The number of benzene rings is 1. The van der Waals surface area contributed by atoms with E-state index in [9.17, 15) is 9.59 Å². The molecule has 0 fully saturated rings. The first kappa shape index (κ1) is 18.0. The van der Waals surface area contributed by atoms with Gasteiger partial charge in [0.25, 0.3) is 0 Å². The SMILES string of the molecule is CC(=O)OCCCCC=C(C)CCOC(=O)c1ccccc1. The van der Waals surface area contributed by atoms with Gasteiger partial charge in [0.1, 0.15) is 0 Å². The number of carbonyl (C=O) groups is 2. The number of rotatable bonds is 9. The Labute approximate surface area is 132 Å². The quantitative estimate of drug-likeness (QED) is 0.394. The van der Waals surface area contributed by atoms with Gasteiger partial charge in [-0.05, 0) is 38.3 Å². The Morgan fingerprint density at radius 3 is 2.41 bits per heavy atom. The molecule has 0 saturated carbocycles. The molecule has 0 heterocycles. The second kappa shape index (κ2) is 10.6. The van der Waals surface area contributed by atoms with Gasteiger partial charge in [-0.25, -0.2) is 4.79 Å². The molecular formula is C18H24O4. The van der Waals surface area contributed by atoms with Gasteiger partial charge in [-0.3, -0.25) is 4.79 Å². The topological polar surface area (TPSA) is 52.6 Å². The smallest absolute Gasteiger partial charge is 0.338 e. The number of allylic oxidation sites excluding steroid dienone is 1. The highest BCUT2D eigenvalue weighted by Crippen LogP contribution is 2.07. The minimum absolute atomic E-state index is 0.230. The highest BCUT2D eigenvalue weighted by atomic mass is 16.5.